The van der Waals surface area contributed by atoms with Crippen molar-refractivity contribution >= 4 is 27.5 Å². The normalized spacial score (nSPS) is 12.7. The Morgan fingerprint density at radius 2 is 1.43 bits per heavy atom. The van der Waals surface area contributed by atoms with E-state index < -0.39 is 28.5 Å². The first-order valence-electron chi connectivity index (χ1n) is 13.6. The maximum atomic E-state index is 13.8. The fraction of sp³-hybridized carbons (Fsp3) is 0.355. The Labute approximate surface area is 238 Å². The number of amides is 2. The summed E-state index contributed by atoms with van der Waals surface area (Å²) in [6, 6.07) is 24.7. The van der Waals surface area contributed by atoms with Crippen LogP contribution in [0, 0.1) is 0 Å². The summed E-state index contributed by atoms with van der Waals surface area (Å²) in [5.41, 5.74) is 1.35. The number of hydrogen-bond donors (Lipinski definition) is 1. The summed E-state index contributed by atoms with van der Waals surface area (Å²) < 4.78 is 32.6. The van der Waals surface area contributed by atoms with E-state index in [4.69, 9.17) is 4.74 Å². The Morgan fingerprint density at radius 1 is 0.850 bits per heavy atom. The first kappa shape index (κ1) is 30.7. The van der Waals surface area contributed by atoms with Crippen LogP contribution in [0.2, 0.25) is 0 Å². The van der Waals surface area contributed by atoms with Crippen molar-refractivity contribution in [2.24, 2.45) is 0 Å². The summed E-state index contributed by atoms with van der Waals surface area (Å²) in [7, 11) is -3.82. The zero-order chi connectivity index (χ0) is 29.1. The van der Waals surface area contributed by atoms with Crippen molar-refractivity contribution in [1.29, 1.82) is 0 Å². The summed E-state index contributed by atoms with van der Waals surface area (Å²) in [6.45, 7) is 5.58. The van der Waals surface area contributed by atoms with Crippen LogP contribution in [0.1, 0.15) is 39.2 Å². The summed E-state index contributed by atoms with van der Waals surface area (Å²) in [4.78, 5) is 28.5. The number of rotatable bonds is 14. The third-order valence-corrected chi connectivity index (χ3v) is 7.79. The van der Waals surface area contributed by atoms with E-state index in [1.807, 2.05) is 81.4 Å². The predicted octanol–water partition coefficient (Wildman–Crippen LogP) is 5.01. The minimum atomic E-state index is -3.82. The molecule has 0 heterocycles. The molecule has 3 rings (SSSR count). The molecule has 0 radical (unpaired) electrons. The highest BCUT2D eigenvalue weighted by atomic mass is 32.2. The van der Waals surface area contributed by atoms with E-state index in [2.05, 4.69) is 5.32 Å². The molecule has 0 aliphatic rings. The van der Waals surface area contributed by atoms with Gasteiger partial charge in [-0.3, -0.25) is 13.9 Å². The van der Waals surface area contributed by atoms with Gasteiger partial charge < -0.3 is 15.0 Å². The molecule has 1 N–H and O–H groups in total. The highest BCUT2D eigenvalue weighted by Gasteiger charge is 2.31. The zero-order valence-corrected chi connectivity index (χ0v) is 24.4. The van der Waals surface area contributed by atoms with Crippen molar-refractivity contribution in [3.63, 3.8) is 0 Å². The fourth-order valence-electron chi connectivity index (χ4n) is 4.26. The van der Waals surface area contributed by atoms with Crippen LogP contribution in [-0.4, -0.2) is 56.6 Å². The van der Waals surface area contributed by atoms with Gasteiger partial charge in [-0.15, -0.1) is 0 Å². The van der Waals surface area contributed by atoms with Crippen LogP contribution in [-0.2, 0) is 26.0 Å². The van der Waals surface area contributed by atoms with E-state index >= 15 is 0 Å². The highest BCUT2D eigenvalue weighted by Crippen LogP contribution is 2.26. The first-order valence-corrected chi connectivity index (χ1v) is 15.4. The lowest BCUT2D eigenvalue weighted by molar-refractivity contribution is -0.139. The topological polar surface area (TPSA) is 96.0 Å². The van der Waals surface area contributed by atoms with Crippen LogP contribution < -0.4 is 14.4 Å². The molecular weight excluding hydrogens is 526 g/mol. The molecule has 0 aliphatic carbocycles. The molecule has 0 bridgehead atoms. The number of hydrogen-bond acceptors (Lipinski definition) is 5. The van der Waals surface area contributed by atoms with Gasteiger partial charge in [-0.25, -0.2) is 8.42 Å². The molecule has 2 amide bonds. The number of benzene rings is 3. The van der Waals surface area contributed by atoms with Crippen molar-refractivity contribution < 1.29 is 22.7 Å². The van der Waals surface area contributed by atoms with Crippen molar-refractivity contribution in [3.8, 4) is 11.5 Å². The van der Waals surface area contributed by atoms with E-state index in [-0.39, 0.29) is 18.5 Å². The average molecular weight is 566 g/mol. The number of carbonyl (C=O) groups is 2. The number of carbonyl (C=O) groups excluding carboxylic acids is 2. The second kappa shape index (κ2) is 14.5. The second-order valence-corrected chi connectivity index (χ2v) is 11.7. The van der Waals surface area contributed by atoms with Crippen LogP contribution in [0.3, 0.4) is 0 Å². The van der Waals surface area contributed by atoms with Crippen molar-refractivity contribution in [3.05, 3.63) is 90.5 Å². The summed E-state index contributed by atoms with van der Waals surface area (Å²) >= 11 is 0. The summed E-state index contributed by atoms with van der Waals surface area (Å²) in [6.07, 6.45) is 2.75. The number of sulfonamides is 1. The number of nitrogens with one attached hydrogen (secondary N) is 1. The molecule has 0 saturated heterocycles. The van der Waals surface area contributed by atoms with Crippen LogP contribution in [0.5, 0.6) is 11.5 Å². The fourth-order valence-corrected chi connectivity index (χ4v) is 5.11. The number of nitrogens with zero attached hydrogens (tertiary/aromatic N) is 2. The standard InChI is InChI=1S/C31H39N3O5S/c1-5-24(3)32-31(36)29(6-2)33(22-21-25-13-9-7-10-14-25)30(35)23-34(40(4,37)38)26-17-19-28(20-18-26)39-27-15-11-8-12-16-27/h7-20,24,29H,5-6,21-23H2,1-4H3,(H,32,36)/t24-,29+/m1/s1. The quantitative estimate of drug-likeness (QED) is 0.297. The maximum absolute atomic E-state index is 13.8. The van der Waals surface area contributed by atoms with Gasteiger partial charge in [0.05, 0.1) is 11.9 Å². The van der Waals surface area contributed by atoms with Gasteiger partial charge in [-0.2, -0.15) is 0 Å². The Bertz CT molecular complexity index is 1330. The average Bonchev–Trinajstić information content (AvgIpc) is 2.94. The van der Waals surface area contributed by atoms with Gasteiger partial charge in [-0.05, 0) is 68.1 Å². The predicted molar refractivity (Wildman–Crippen MR) is 159 cm³/mol. The van der Waals surface area contributed by atoms with Gasteiger partial charge in [0, 0.05) is 12.6 Å². The summed E-state index contributed by atoms with van der Waals surface area (Å²) in [5.74, 6) is 0.497. The van der Waals surface area contributed by atoms with Crippen LogP contribution >= 0.6 is 0 Å². The van der Waals surface area contributed by atoms with Gasteiger partial charge in [0.15, 0.2) is 0 Å². The second-order valence-electron chi connectivity index (χ2n) is 9.74. The molecular formula is C31H39N3O5S. The Morgan fingerprint density at radius 3 is 1.98 bits per heavy atom. The molecule has 9 heteroatoms. The van der Waals surface area contributed by atoms with Crippen molar-refractivity contribution in [2.75, 3.05) is 23.7 Å². The molecule has 0 aromatic heterocycles. The highest BCUT2D eigenvalue weighted by molar-refractivity contribution is 7.92. The van der Waals surface area contributed by atoms with Crippen LogP contribution in [0.4, 0.5) is 5.69 Å². The zero-order valence-electron chi connectivity index (χ0n) is 23.6. The van der Waals surface area contributed by atoms with Crippen molar-refractivity contribution in [1.82, 2.24) is 10.2 Å². The van der Waals surface area contributed by atoms with Crippen LogP contribution in [0.25, 0.3) is 0 Å². The smallest absolute Gasteiger partial charge is 0.244 e. The Balaban J connectivity index is 1.85. The minimum absolute atomic E-state index is 0.0447. The van der Waals surface area contributed by atoms with Crippen molar-refractivity contribution in [2.45, 2.75) is 52.1 Å². The molecule has 3 aromatic carbocycles. The van der Waals surface area contributed by atoms with Gasteiger partial charge in [0.2, 0.25) is 21.8 Å². The lowest BCUT2D eigenvalue weighted by Gasteiger charge is -2.33. The maximum Gasteiger partial charge on any atom is 0.244 e. The number of anilines is 1. The molecule has 3 aromatic rings. The molecule has 0 unspecified atom stereocenters. The monoisotopic (exact) mass is 565 g/mol. The lowest BCUT2D eigenvalue weighted by Crippen LogP contribution is -2.54. The third kappa shape index (κ3) is 8.84. The van der Waals surface area contributed by atoms with E-state index in [0.29, 0.717) is 30.0 Å². The third-order valence-electron chi connectivity index (χ3n) is 6.65. The molecule has 0 fully saturated rings. The Kier molecular flexibility index (Phi) is 11.1. The minimum Gasteiger partial charge on any atom is -0.457 e. The molecule has 2 atom stereocenters. The number of para-hydroxylation sites is 1. The first-order chi connectivity index (χ1) is 19.1. The van der Waals surface area contributed by atoms with E-state index in [1.54, 1.807) is 24.3 Å². The molecule has 0 spiro atoms. The molecule has 0 saturated carbocycles. The van der Waals surface area contributed by atoms with Gasteiger partial charge in [-0.1, -0.05) is 62.4 Å². The van der Waals surface area contributed by atoms with Crippen LogP contribution in [0.15, 0.2) is 84.9 Å². The number of ether oxygens (including phenoxy) is 1. The largest absolute Gasteiger partial charge is 0.457 e. The Hall–Kier alpha value is -3.85. The molecule has 40 heavy (non-hydrogen) atoms. The molecule has 0 aliphatic heterocycles. The van der Waals surface area contributed by atoms with Gasteiger partial charge in [0.1, 0.15) is 24.1 Å². The summed E-state index contributed by atoms with van der Waals surface area (Å²) in [5, 5.41) is 2.98. The SMILES string of the molecule is CC[C@@H](C)NC(=O)[C@H](CC)N(CCc1ccccc1)C(=O)CN(c1ccc(Oc2ccccc2)cc1)S(C)(=O)=O. The van der Waals surface area contributed by atoms with Gasteiger partial charge in [0.25, 0.3) is 0 Å². The lowest BCUT2D eigenvalue weighted by atomic mass is 10.1. The van der Waals surface area contributed by atoms with Gasteiger partial charge >= 0.3 is 0 Å². The molecule has 214 valence electrons. The van der Waals surface area contributed by atoms with E-state index in [9.17, 15) is 18.0 Å². The van der Waals surface area contributed by atoms with E-state index in [0.717, 1.165) is 22.5 Å². The molecule has 8 nitrogen and oxygen atoms in total. The van der Waals surface area contributed by atoms with E-state index in [1.165, 1.54) is 4.90 Å².